The summed E-state index contributed by atoms with van der Waals surface area (Å²) < 4.78 is 0. The van der Waals surface area contributed by atoms with Gasteiger partial charge in [-0.1, -0.05) is 0 Å². The average molecular weight is 172 g/mol. The molecule has 0 heterocycles. The quantitative estimate of drug-likeness (QED) is 0.496. The molecule has 0 aliphatic heterocycles. The van der Waals surface area contributed by atoms with E-state index in [-0.39, 0.29) is 16.7 Å². The molecule has 0 saturated heterocycles. The van der Waals surface area contributed by atoms with E-state index < -0.39 is 11.6 Å². The third-order valence-corrected chi connectivity index (χ3v) is 1.65. The zero-order valence-electron chi connectivity index (χ0n) is 6.79. The van der Waals surface area contributed by atoms with Gasteiger partial charge in [-0.05, 0) is 13.0 Å². The molecule has 4 heteroatoms. The van der Waals surface area contributed by atoms with Crippen molar-refractivity contribution in [2.75, 3.05) is 0 Å². The number of hydrogen-bond acceptors (Lipinski definition) is 4. The number of carbonyl (C=O) groups excluding carboxylic acids is 2. The molecule has 4 nitrogen and oxygen atoms in total. The van der Waals surface area contributed by atoms with Crippen LogP contribution in [0.2, 0.25) is 0 Å². The number of nitriles is 2. The lowest BCUT2D eigenvalue weighted by Gasteiger charge is -2.05. The maximum absolute atomic E-state index is 11.2. The van der Waals surface area contributed by atoms with Crippen LogP contribution in [-0.2, 0) is 9.59 Å². The first-order valence-electron chi connectivity index (χ1n) is 3.43. The topological polar surface area (TPSA) is 81.7 Å². The Morgan fingerprint density at radius 2 is 1.69 bits per heavy atom. The van der Waals surface area contributed by atoms with Crippen LogP contribution in [0.25, 0.3) is 0 Å². The third kappa shape index (κ3) is 1.25. The highest BCUT2D eigenvalue weighted by atomic mass is 16.1. The largest absolute Gasteiger partial charge is 0.288 e. The standard InChI is InChI=1S/C9H4N2O2/c1-5-2-8(12)6(3-10)7(4-11)9(5)13/h2H,1H3. The lowest BCUT2D eigenvalue weighted by Crippen LogP contribution is -2.16. The Balaban J connectivity index is 3.41. The molecule has 0 atom stereocenters. The van der Waals surface area contributed by atoms with E-state index >= 15 is 0 Å². The van der Waals surface area contributed by atoms with Crippen molar-refractivity contribution in [1.29, 1.82) is 10.5 Å². The van der Waals surface area contributed by atoms with Crippen molar-refractivity contribution < 1.29 is 9.59 Å². The number of Topliss-reactive ketones (excluding diaryl/α,β-unsaturated/α-hetero) is 1. The van der Waals surface area contributed by atoms with Gasteiger partial charge in [-0.15, -0.1) is 0 Å². The zero-order chi connectivity index (χ0) is 10.0. The first kappa shape index (κ1) is 8.89. The minimum atomic E-state index is -0.573. The Kier molecular flexibility index (Phi) is 2.08. The minimum absolute atomic E-state index is 0.195. The molecule has 1 aliphatic carbocycles. The highest BCUT2D eigenvalue weighted by Gasteiger charge is 2.26. The van der Waals surface area contributed by atoms with Gasteiger partial charge in [0.25, 0.3) is 0 Å². The summed E-state index contributed by atoms with van der Waals surface area (Å²) in [7, 11) is 0. The van der Waals surface area contributed by atoms with Gasteiger partial charge in [-0.2, -0.15) is 10.5 Å². The van der Waals surface area contributed by atoms with Crippen LogP contribution in [0.15, 0.2) is 22.8 Å². The van der Waals surface area contributed by atoms with Crippen LogP contribution in [0, 0.1) is 22.7 Å². The summed E-state index contributed by atoms with van der Waals surface area (Å²) in [4.78, 5) is 22.3. The molecule has 13 heavy (non-hydrogen) atoms. The Labute approximate surface area is 74.4 Å². The molecule has 0 aromatic rings. The minimum Gasteiger partial charge on any atom is -0.288 e. The van der Waals surface area contributed by atoms with Crippen LogP contribution in [0.1, 0.15) is 6.92 Å². The van der Waals surface area contributed by atoms with Crippen molar-refractivity contribution in [2.45, 2.75) is 6.92 Å². The van der Waals surface area contributed by atoms with E-state index in [1.54, 1.807) is 12.1 Å². The monoisotopic (exact) mass is 172 g/mol. The van der Waals surface area contributed by atoms with Crippen LogP contribution in [0.5, 0.6) is 0 Å². The number of nitrogens with zero attached hydrogens (tertiary/aromatic N) is 2. The molecule has 0 unspecified atom stereocenters. The van der Waals surface area contributed by atoms with Gasteiger partial charge in [0.05, 0.1) is 0 Å². The van der Waals surface area contributed by atoms with Crippen LogP contribution in [0.3, 0.4) is 0 Å². The van der Waals surface area contributed by atoms with Gasteiger partial charge in [-0.25, -0.2) is 0 Å². The summed E-state index contributed by atoms with van der Waals surface area (Å²) in [6.45, 7) is 1.44. The zero-order valence-corrected chi connectivity index (χ0v) is 6.79. The van der Waals surface area contributed by atoms with Gasteiger partial charge < -0.3 is 0 Å². The number of rotatable bonds is 0. The van der Waals surface area contributed by atoms with E-state index in [1.807, 2.05) is 0 Å². The molecular formula is C9H4N2O2. The Morgan fingerprint density at radius 1 is 1.15 bits per heavy atom. The summed E-state index contributed by atoms with van der Waals surface area (Å²) in [5, 5.41) is 17.0. The van der Waals surface area contributed by atoms with E-state index in [0.29, 0.717) is 0 Å². The van der Waals surface area contributed by atoms with Crippen molar-refractivity contribution in [1.82, 2.24) is 0 Å². The van der Waals surface area contributed by atoms with Gasteiger partial charge in [0.15, 0.2) is 5.78 Å². The van der Waals surface area contributed by atoms with Gasteiger partial charge in [-0.3, -0.25) is 9.59 Å². The maximum atomic E-state index is 11.2. The van der Waals surface area contributed by atoms with Crippen LogP contribution in [0.4, 0.5) is 0 Å². The van der Waals surface area contributed by atoms with E-state index in [9.17, 15) is 9.59 Å². The molecule has 0 aromatic heterocycles. The van der Waals surface area contributed by atoms with Crippen LogP contribution < -0.4 is 0 Å². The van der Waals surface area contributed by atoms with Crippen molar-refractivity contribution >= 4 is 11.6 Å². The maximum Gasteiger partial charge on any atom is 0.200 e. The summed E-state index contributed by atoms with van der Waals surface area (Å²) in [6, 6.07) is 3.11. The third-order valence-electron chi connectivity index (χ3n) is 1.65. The predicted octanol–water partition coefficient (Wildman–Crippen LogP) is 0.428. The summed E-state index contributed by atoms with van der Waals surface area (Å²) >= 11 is 0. The van der Waals surface area contributed by atoms with E-state index in [1.165, 1.54) is 6.92 Å². The molecular weight excluding hydrogens is 168 g/mol. The summed E-state index contributed by atoms with van der Waals surface area (Å²) in [5.41, 5.74) is -0.522. The normalized spacial score (nSPS) is 16.4. The second-order valence-electron chi connectivity index (χ2n) is 2.49. The number of carbonyl (C=O) groups is 2. The van der Waals surface area contributed by atoms with E-state index in [2.05, 4.69) is 0 Å². The van der Waals surface area contributed by atoms with Crippen molar-refractivity contribution in [3.05, 3.63) is 22.8 Å². The Morgan fingerprint density at radius 3 is 2.15 bits per heavy atom. The fraction of sp³-hybridized carbons (Fsp3) is 0.111. The number of hydrogen-bond donors (Lipinski definition) is 0. The molecule has 0 aromatic carbocycles. The van der Waals surface area contributed by atoms with Crippen molar-refractivity contribution in [3.63, 3.8) is 0 Å². The van der Waals surface area contributed by atoms with Crippen molar-refractivity contribution in [3.8, 4) is 12.1 Å². The van der Waals surface area contributed by atoms with Gasteiger partial charge in [0.1, 0.15) is 23.3 Å². The molecule has 1 rings (SSSR count). The Bertz CT molecular complexity index is 441. The highest BCUT2D eigenvalue weighted by molar-refractivity contribution is 6.25. The molecule has 0 N–H and O–H groups in total. The van der Waals surface area contributed by atoms with Gasteiger partial charge in [0, 0.05) is 5.57 Å². The molecule has 0 amide bonds. The smallest absolute Gasteiger partial charge is 0.200 e. The van der Waals surface area contributed by atoms with Gasteiger partial charge in [0.2, 0.25) is 5.78 Å². The van der Waals surface area contributed by atoms with Gasteiger partial charge >= 0.3 is 0 Å². The van der Waals surface area contributed by atoms with Crippen LogP contribution in [-0.4, -0.2) is 11.6 Å². The summed E-state index contributed by atoms with van der Waals surface area (Å²) in [5.74, 6) is -1.12. The van der Waals surface area contributed by atoms with E-state index in [4.69, 9.17) is 10.5 Å². The first-order valence-corrected chi connectivity index (χ1v) is 3.43. The average Bonchev–Trinajstić information content (AvgIpc) is 2.10. The van der Waals surface area contributed by atoms with Crippen molar-refractivity contribution in [2.24, 2.45) is 0 Å². The molecule has 0 saturated carbocycles. The molecule has 0 fully saturated rings. The molecule has 0 bridgehead atoms. The second kappa shape index (κ2) is 3.04. The van der Waals surface area contributed by atoms with Crippen LogP contribution >= 0.6 is 0 Å². The molecule has 62 valence electrons. The lowest BCUT2D eigenvalue weighted by molar-refractivity contribution is -0.115. The van der Waals surface area contributed by atoms with E-state index in [0.717, 1.165) is 6.08 Å². The SMILES string of the molecule is CC1=CC(=O)C(C#N)=C(C#N)C1=O. The molecule has 0 spiro atoms. The first-order chi connectivity index (χ1) is 6.11. The fourth-order valence-corrected chi connectivity index (χ4v) is 0.986. The Hall–Kier alpha value is -2.20. The lowest BCUT2D eigenvalue weighted by atomic mass is 9.92. The fourth-order valence-electron chi connectivity index (χ4n) is 0.986. The second-order valence-corrected chi connectivity index (χ2v) is 2.49. The number of ketones is 2. The number of allylic oxidation sites excluding steroid dienone is 4. The highest BCUT2D eigenvalue weighted by Crippen LogP contribution is 2.17. The predicted molar refractivity (Wildman–Crippen MR) is 42.0 cm³/mol. The molecule has 1 aliphatic rings. The summed E-state index contributed by atoms with van der Waals surface area (Å²) in [6.07, 6.45) is 1.07. The molecule has 0 radical (unpaired) electrons.